The average Bonchev–Trinajstić information content (AvgIpc) is 3.32. The second-order valence-electron chi connectivity index (χ2n) is 6.84. The van der Waals surface area contributed by atoms with Crippen LogP contribution in [-0.2, 0) is 4.79 Å². The molecule has 0 bridgehead atoms. The number of aromatic nitrogens is 3. The lowest BCUT2D eigenvalue weighted by molar-refractivity contribution is -0.126. The molecule has 0 aromatic carbocycles. The fourth-order valence-electron chi connectivity index (χ4n) is 3.20. The molecule has 2 amide bonds. The number of aryl methyl sites for hydroxylation is 2. The van der Waals surface area contributed by atoms with Crippen LogP contribution in [0, 0.1) is 13.8 Å². The Kier molecular flexibility index (Phi) is 3.91. The molecule has 3 heterocycles. The third kappa shape index (κ3) is 3.09. The Bertz CT molecular complexity index is 841. The van der Waals surface area contributed by atoms with Gasteiger partial charge in [-0.3, -0.25) is 9.59 Å². The van der Waals surface area contributed by atoms with Crippen LogP contribution in [0.2, 0.25) is 0 Å². The van der Waals surface area contributed by atoms with Gasteiger partial charge in [0.2, 0.25) is 5.91 Å². The van der Waals surface area contributed by atoms with Gasteiger partial charge in [0.05, 0.1) is 5.69 Å². The second kappa shape index (κ2) is 6.11. The third-order valence-corrected chi connectivity index (χ3v) is 4.68. The number of amides is 2. The molecule has 1 aliphatic carbocycles. The van der Waals surface area contributed by atoms with E-state index in [1.807, 2.05) is 19.9 Å². The Morgan fingerprint density at radius 3 is 2.84 bits per heavy atom. The molecule has 2 fully saturated rings. The molecule has 2 aromatic heterocycles. The Balaban J connectivity index is 1.62. The van der Waals surface area contributed by atoms with E-state index in [1.165, 1.54) is 0 Å². The van der Waals surface area contributed by atoms with Crippen molar-refractivity contribution in [3.05, 3.63) is 29.2 Å². The maximum absolute atomic E-state index is 13.0. The number of piperazine rings is 1. The first-order valence-electron chi connectivity index (χ1n) is 8.69. The van der Waals surface area contributed by atoms with Crippen LogP contribution >= 0.6 is 0 Å². The summed E-state index contributed by atoms with van der Waals surface area (Å²) in [4.78, 5) is 31.6. The van der Waals surface area contributed by atoms with E-state index in [1.54, 1.807) is 15.5 Å². The highest BCUT2D eigenvalue weighted by Crippen LogP contribution is 2.20. The van der Waals surface area contributed by atoms with E-state index in [-0.39, 0.29) is 17.9 Å². The van der Waals surface area contributed by atoms with E-state index in [0.29, 0.717) is 31.0 Å². The van der Waals surface area contributed by atoms with Gasteiger partial charge in [-0.1, -0.05) is 0 Å². The lowest BCUT2D eigenvalue weighted by atomic mass is 10.1. The zero-order valence-electron chi connectivity index (χ0n) is 14.5. The standard InChI is InChI=1S/C17H22N6O2/c1-10-7-15-20-13(8-11(2)23(15)21-10)17(25)22-6-5-18-9-14(22)16(24)19-12-3-4-12/h7-8,12,14,18H,3-6,9H2,1-2H3,(H,19,24)/t14-/m0/s1. The third-order valence-electron chi connectivity index (χ3n) is 4.68. The van der Waals surface area contributed by atoms with E-state index in [0.717, 1.165) is 24.2 Å². The molecule has 132 valence electrons. The summed E-state index contributed by atoms with van der Waals surface area (Å²) in [6, 6.07) is 3.36. The van der Waals surface area contributed by atoms with Crippen molar-refractivity contribution in [3.8, 4) is 0 Å². The Hall–Kier alpha value is -2.48. The Morgan fingerprint density at radius 2 is 2.08 bits per heavy atom. The van der Waals surface area contributed by atoms with Crippen molar-refractivity contribution in [1.29, 1.82) is 0 Å². The van der Waals surface area contributed by atoms with Crippen LogP contribution in [0.4, 0.5) is 0 Å². The molecule has 2 aliphatic rings. The van der Waals surface area contributed by atoms with E-state index < -0.39 is 6.04 Å². The molecule has 0 spiro atoms. The smallest absolute Gasteiger partial charge is 0.273 e. The molecule has 25 heavy (non-hydrogen) atoms. The Labute approximate surface area is 145 Å². The van der Waals surface area contributed by atoms with Crippen molar-refractivity contribution in [2.75, 3.05) is 19.6 Å². The highest BCUT2D eigenvalue weighted by molar-refractivity contribution is 5.97. The van der Waals surface area contributed by atoms with Gasteiger partial charge in [-0.2, -0.15) is 5.10 Å². The van der Waals surface area contributed by atoms with Crippen LogP contribution in [0.5, 0.6) is 0 Å². The lowest BCUT2D eigenvalue weighted by Crippen LogP contribution is -2.59. The predicted molar refractivity (Wildman–Crippen MR) is 91.3 cm³/mol. The summed E-state index contributed by atoms with van der Waals surface area (Å²) in [6.45, 7) is 5.42. The predicted octanol–water partition coefficient (Wildman–Crippen LogP) is 0.0387. The molecule has 8 heteroatoms. The zero-order valence-corrected chi connectivity index (χ0v) is 14.5. The average molecular weight is 342 g/mol. The van der Waals surface area contributed by atoms with Gasteiger partial charge in [-0.25, -0.2) is 9.50 Å². The molecule has 2 aromatic rings. The highest BCUT2D eigenvalue weighted by atomic mass is 16.2. The lowest BCUT2D eigenvalue weighted by Gasteiger charge is -2.35. The van der Waals surface area contributed by atoms with Crippen LogP contribution in [0.3, 0.4) is 0 Å². The zero-order chi connectivity index (χ0) is 17.6. The first-order valence-corrected chi connectivity index (χ1v) is 8.69. The number of nitrogens with one attached hydrogen (secondary N) is 2. The van der Waals surface area contributed by atoms with E-state index in [4.69, 9.17) is 0 Å². The molecule has 8 nitrogen and oxygen atoms in total. The molecular weight excluding hydrogens is 320 g/mol. The minimum atomic E-state index is -0.494. The fourth-order valence-corrected chi connectivity index (χ4v) is 3.20. The minimum Gasteiger partial charge on any atom is -0.352 e. The molecule has 0 unspecified atom stereocenters. The van der Waals surface area contributed by atoms with Crippen LogP contribution < -0.4 is 10.6 Å². The fraction of sp³-hybridized carbons (Fsp3) is 0.529. The topological polar surface area (TPSA) is 91.6 Å². The molecule has 1 atom stereocenters. The second-order valence-corrected chi connectivity index (χ2v) is 6.84. The van der Waals surface area contributed by atoms with Crippen LogP contribution in [0.15, 0.2) is 12.1 Å². The molecule has 1 aliphatic heterocycles. The molecular formula is C17H22N6O2. The monoisotopic (exact) mass is 342 g/mol. The molecule has 1 saturated heterocycles. The summed E-state index contributed by atoms with van der Waals surface area (Å²) in [5.41, 5.74) is 2.70. The summed E-state index contributed by atoms with van der Waals surface area (Å²) in [7, 11) is 0. The van der Waals surface area contributed by atoms with Gasteiger partial charge in [0.25, 0.3) is 5.91 Å². The van der Waals surface area contributed by atoms with Crippen molar-refractivity contribution in [3.63, 3.8) is 0 Å². The minimum absolute atomic E-state index is 0.0824. The van der Waals surface area contributed by atoms with E-state index in [9.17, 15) is 9.59 Å². The summed E-state index contributed by atoms with van der Waals surface area (Å²) in [5.74, 6) is -0.289. The van der Waals surface area contributed by atoms with Gasteiger partial charge in [0.15, 0.2) is 5.65 Å². The Morgan fingerprint density at radius 1 is 1.28 bits per heavy atom. The number of carbonyl (C=O) groups is 2. The van der Waals surface area contributed by atoms with Gasteiger partial charge in [-0.15, -0.1) is 0 Å². The first-order chi connectivity index (χ1) is 12.0. The van der Waals surface area contributed by atoms with Crippen molar-refractivity contribution in [2.24, 2.45) is 0 Å². The maximum Gasteiger partial charge on any atom is 0.273 e. The number of carbonyl (C=O) groups excluding carboxylic acids is 2. The van der Waals surface area contributed by atoms with Crippen LogP contribution in [0.25, 0.3) is 5.65 Å². The molecule has 4 rings (SSSR count). The largest absolute Gasteiger partial charge is 0.352 e. The van der Waals surface area contributed by atoms with Crippen molar-refractivity contribution < 1.29 is 9.59 Å². The van der Waals surface area contributed by atoms with Gasteiger partial charge < -0.3 is 15.5 Å². The van der Waals surface area contributed by atoms with Crippen molar-refractivity contribution >= 4 is 17.5 Å². The first kappa shape index (κ1) is 16.0. The van der Waals surface area contributed by atoms with Crippen LogP contribution in [0.1, 0.15) is 34.7 Å². The summed E-state index contributed by atoms with van der Waals surface area (Å²) in [6.07, 6.45) is 2.05. The van der Waals surface area contributed by atoms with Crippen LogP contribution in [-0.4, -0.2) is 63.0 Å². The quantitative estimate of drug-likeness (QED) is 0.822. The number of fused-ring (bicyclic) bond motifs is 1. The summed E-state index contributed by atoms with van der Waals surface area (Å²) >= 11 is 0. The van der Waals surface area contributed by atoms with Gasteiger partial charge in [0.1, 0.15) is 11.7 Å². The number of nitrogens with zero attached hydrogens (tertiary/aromatic N) is 4. The maximum atomic E-state index is 13.0. The molecule has 1 saturated carbocycles. The molecule has 2 N–H and O–H groups in total. The van der Waals surface area contributed by atoms with Crippen molar-refractivity contribution in [1.82, 2.24) is 30.1 Å². The van der Waals surface area contributed by atoms with Gasteiger partial charge in [0, 0.05) is 37.4 Å². The SMILES string of the molecule is Cc1cc2nc(C(=O)N3CCNC[C@H]3C(=O)NC3CC3)cc(C)n2n1. The summed E-state index contributed by atoms with van der Waals surface area (Å²) < 4.78 is 1.72. The van der Waals surface area contributed by atoms with Gasteiger partial charge >= 0.3 is 0 Å². The highest BCUT2D eigenvalue weighted by Gasteiger charge is 2.35. The normalized spacial score (nSPS) is 20.7. The van der Waals surface area contributed by atoms with E-state index in [2.05, 4.69) is 20.7 Å². The number of hydrogen-bond acceptors (Lipinski definition) is 5. The number of hydrogen-bond donors (Lipinski definition) is 2. The summed E-state index contributed by atoms with van der Waals surface area (Å²) in [5, 5.41) is 10.6. The molecule has 0 radical (unpaired) electrons. The van der Waals surface area contributed by atoms with Gasteiger partial charge in [-0.05, 0) is 32.8 Å². The van der Waals surface area contributed by atoms with Crippen molar-refractivity contribution in [2.45, 2.75) is 38.8 Å². The van der Waals surface area contributed by atoms with E-state index >= 15 is 0 Å². The number of rotatable bonds is 3.